The molecule has 0 spiro atoms. The zero-order valence-electron chi connectivity index (χ0n) is 17.1. The van der Waals surface area contributed by atoms with Crippen LogP contribution >= 0.6 is 0 Å². The Morgan fingerprint density at radius 1 is 1.19 bits per heavy atom. The van der Waals surface area contributed by atoms with Crippen LogP contribution in [-0.2, 0) is 9.53 Å². The van der Waals surface area contributed by atoms with E-state index >= 15 is 0 Å². The molecule has 1 N–H and O–H groups in total. The molecule has 0 amide bonds. The van der Waals surface area contributed by atoms with Gasteiger partial charge in [0.1, 0.15) is 17.9 Å². The summed E-state index contributed by atoms with van der Waals surface area (Å²) >= 11 is 0. The maximum atomic E-state index is 12.0. The first-order valence-electron chi connectivity index (χ1n) is 9.47. The fourth-order valence-electron chi connectivity index (χ4n) is 2.99. The second-order valence-electron chi connectivity index (χ2n) is 7.40. The number of rotatable bonds is 5. The number of aliphatic imine (C=N–C) groups is 1. The van der Waals surface area contributed by atoms with Gasteiger partial charge in [-0.25, -0.2) is 4.99 Å². The smallest absolute Gasteiger partial charge is 0.328 e. The minimum Gasteiger partial charge on any atom is -0.495 e. The first kappa shape index (κ1) is 20.9. The molecule has 7 heteroatoms. The highest BCUT2D eigenvalue weighted by Crippen LogP contribution is 2.28. The van der Waals surface area contributed by atoms with Crippen molar-refractivity contribution in [1.82, 2.24) is 10.2 Å². The van der Waals surface area contributed by atoms with Gasteiger partial charge in [-0.1, -0.05) is 12.1 Å². The predicted octanol–water partition coefficient (Wildman–Crippen LogP) is 2.12. The summed E-state index contributed by atoms with van der Waals surface area (Å²) in [6.07, 6.45) is 0. The van der Waals surface area contributed by atoms with Gasteiger partial charge >= 0.3 is 5.97 Å². The number of hydrogen-bond acceptors (Lipinski definition) is 5. The summed E-state index contributed by atoms with van der Waals surface area (Å²) in [7, 11) is 1.70. The number of anilines is 1. The molecule has 1 fully saturated rings. The van der Waals surface area contributed by atoms with E-state index in [1.54, 1.807) is 7.11 Å². The Bertz CT molecular complexity index is 647. The standard InChI is InChI=1S/C20H32N4O3/c1-6-21-19(22-15-18(25)27-20(2,3)4)24-13-11-23(12-14-24)16-9-7-8-10-17(16)26-5/h7-10H,6,11-15H2,1-5H3,(H,21,22). The first-order valence-corrected chi connectivity index (χ1v) is 9.47. The normalized spacial score (nSPS) is 15.5. The van der Waals surface area contributed by atoms with E-state index in [1.807, 2.05) is 45.9 Å². The molecule has 2 rings (SSSR count). The van der Waals surface area contributed by atoms with Crippen molar-refractivity contribution in [3.8, 4) is 5.75 Å². The van der Waals surface area contributed by atoms with Crippen molar-refractivity contribution in [1.29, 1.82) is 0 Å². The van der Waals surface area contributed by atoms with Gasteiger partial charge in [-0.2, -0.15) is 0 Å². The third kappa shape index (κ3) is 6.34. The van der Waals surface area contributed by atoms with E-state index in [0.29, 0.717) is 0 Å². The highest BCUT2D eigenvalue weighted by atomic mass is 16.6. The largest absolute Gasteiger partial charge is 0.495 e. The zero-order valence-corrected chi connectivity index (χ0v) is 17.1. The van der Waals surface area contributed by atoms with Crippen LogP contribution in [0.15, 0.2) is 29.3 Å². The minimum atomic E-state index is -0.495. The molecule has 0 saturated carbocycles. The molecule has 0 unspecified atom stereocenters. The van der Waals surface area contributed by atoms with E-state index in [-0.39, 0.29) is 12.5 Å². The first-order chi connectivity index (χ1) is 12.8. The number of carbonyl (C=O) groups is 1. The van der Waals surface area contributed by atoms with E-state index in [1.165, 1.54) is 0 Å². The topological polar surface area (TPSA) is 66.4 Å². The Balaban J connectivity index is 1.98. The van der Waals surface area contributed by atoms with Gasteiger partial charge in [0.2, 0.25) is 0 Å². The summed E-state index contributed by atoms with van der Waals surface area (Å²) in [4.78, 5) is 20.9. The highest BCUT2D eigenvalue weighted by molar-refractivity contribution is 5.83. The number of hydrogen-bond donors (Lipinski definition) is 1. The molecule has 1 aromatic carbocycles. The van der Waals surface area contributed by atoms with Crippen molar-refractivity contribution >= 4 is 17.6 Å². The predicted molar refractivity (Wildman–Crippen MR) is 109 cm³/mol. The van der Waals surface area contributed by atoms with Crippen LogP contribution in [0.2, 0.25) is 0 Å². The number of nitrogens with zero attached hydrogens (tertiary/aromatic N) is 3. The van der Waals surface area contributed by atoms with Crippen LogP contribution in [0.4, 0.5) is 5.69 Å². The molecule has 1 aliphatic heterocycles. The Hall–Kier alpha value is -2.44. The van der Waals surface area contributed by atoms with Gasteiger partial charge in [0.15, 0.2) is 5.96 Å². The molecular weight excluding hydrogens is 344 g/mol. The number of nitrogens with one attached hydrogen (secondary N) is 1. The molecule has 0 aromatic heterocycles. The summed E-state index contributed by atoms with van der Waals surface area (Å²) in [6.45, 7) is 11.7. The van der Waals surface area contributed by atoms with Gasteiger partial charge in [0.05, 0.1) is 12.8 Å². The van der Waals surface area contributed by atoms with Crippen LogP contribution in [0.3, 0.4) is 0 Å². The van der Waals surface area contributed by atoms with Crippen LogP contribution in [0.25, 0.3) is 0 Å². The zero-order chi connectivity index (χ0) is 19.9. The molecule has 0 bridgehead atoms. The van der Waals surface area contributed by atoms with Crippen molar-refractivity contribution in [3.05, 3.63) is 24.3 Å². The summed E-state index contributed by atoms with van der Waals surface area (Å²) in [5.74, 6) is 1.32. The molecule has 1 saturated heterocycles. The van der Waals surface area contributed by atoms with Crippen LogP contribution in [0, 0.1) is 0 Å². The number of esters is 1. The third-order valence-corrected chi connectivity index (χ3v) is 4.12. The van der Waals surface area contributed by atoms with Gasteiger partial charge in [-0.3, -0.25) is 4.79 Å². The molecule has 0 radical (unpaired) electrons. The van der Waals surface area contributed by atoms with Crippen molar-refractivity contribution < 1.29 is 14.3 Å². The highest BCUT2D eigenvalue weighted by Gasteiger charge is 2.22. The second-order valence-corrected chi connectivity index (χ2v) is 7.40. The van der Waals surface area contributed by atoms with E-state index in [9.17, 15) is 4.79 Å². The third-order valence-electron chi connectivity index (χ3n) is 4.12. The van der Waals surface area contributed by atoms with E-state index in [2.05, 4.69) is 26.2 Å². The Labute approximate surface area is 162 Å². The lowest BCUT2D eigenvalue weighted by atomic mass is 10.2. The number of para-hydroxylation sites is 2. The van der Waals surface area contributed by atoms with Gasteiger partial charge in [-0.05, 0) is 39.8 Å². The van der Waals surface area contributed by atoms with Gasteiger partial charge in [0, 0.05) is 32.7 Å². The molecule has 1 aromatic rings. The second kappa shape index (κ2) is 9.48. The Kier molecular flexibility index (Phi) is 7.33. The molecule has 0 atom stereocenters. The molecule has 1 heterocycles. The molecular formula is C20H32N4O3. The summed E-state index contributed by atoms with van der Waals surface area (Å²) in [5.41, 5.74) is 0.612. The van der Waals surface area contributed by atoms with Crippen molar-refractivity contribution in [3.63, 3.8) is 0 Å². The quantitative estimate of drug-likeness (QED) is 0.482. The average Bonchev–Trinajstić information content (AvgIpc) is 2.64. The van der Waals surface area contributed by atoms with Gasteiger partial charge < -0.3 is 24.6 Å². The van der Waals surface area contributed by atoms with Crippen LogP contribution < -0.4 is 15.0 Å². The maximum Gasteiger partial charge on any atom is 0.328 e. The number of ether oxygens (including phenoxy) is 2. The number of guanidine groups is 1. The fraction of sp³-hybridized carbons (Fsp3) is 0.600. The van der Waals surface area contributed by atoms with Crippen molar-refractivity contribution in [2.75, 3.05) is 51.3 Å². The SMILES string of the molecule is CCNC(=NCC(=O)OC(C)(C)C)N1CCN(c2ccccc2OC)CC1. The monoisotopic (exact) mass is 376 g/mol. The van der Waals surface area contributed by atoms with Crippen LogP contribution in [0.1, 0.15) is 27.7 Å². The van der Waals surface area contributed by atoms with Gasteiger partial charge in [0.25, 0.3) is 0 Å². The fourth-order valence-corrected chi connectivity index (χ4v) is 2.99. The Morgan fingerprint density at radius 3 is 2.44 bits per heavy atom. The molecule has 0 aliphatic carbocycles. The lowest BCUT2D eigenvalue weighted by Crippen LogP contribution is -2.52. The van der Waals surface area contributed by atoms with Gasteiger partial charge in [-0.15, -0.1) is 0 Å². The maximum absolute atomic E-state index is 12.0. The molecule has 7 nitrogen and oxygen atoms in total. The summed E-state index contributed by atoms with van der Waals surface area (Å²) in [6, 6.07) is 8.06. The molecule has 150 valence electrons. The van der Waals surface area contributed by atoms with Crippen molar-refractivity contribution in [2.45, 2.75) is 33.3 Å². The summed E-state index contributed by atoms with van der Waals surface area (Å²) in [5, 5.41) is 3.27. The number of piperazine rings is 1. The van der Waals surface area contributed by atoms with E-state index < -0.39 is 5.60 Å². The summed E-state index contributed by atoms with van der Waals surface area (Å²) < 4.78 is 10.8. The van der Waals surface area contributed by atoms with Crippen LogP contribution in [0.5, 0.6) is 5.75 Å². The number of benzene rings is 1. The van der Waals surface area contributed by atoms with E-state index in [4.69, 9.17) is 9.47 Å². The minimum absolute atomic E-state index is 0.0202. The van der Waals surface area contributed by atoms with Crippen molar-refractivity contribution in [2.24, 2.45) is 4.99 Å². The van der Waals surface area contributed by atoms with E-state index in [0.717, 1.165) is 50.1 Å². The number of methoxy groups -OCH3 is 1. The lowest BCUT2D eigenvalue weighted by Gasteiger charge is -2.38. The number of carbonyl (C=O) groups excluding carboxylic acids is 1. The lowest BCUT2D eigenvalue weighted by molar-refractivity contribution is -0.152. The molecule has 27 heavy (non-hydrogen) atoms. The Morgan fingerprint density at radius 2 is 1.85 bits per heavy atom. The average molecular weight is 377 g/mol. The van der Waals surface area contributed by atoms with Crippen LogP contribution in [-0.4, -0.2) is 68.8 Å². The molecule has 1 aliphatic rings.